The number of rotatable bonds is 5. The highest BCUT2D eigenvalue weighted by Crippen LogP contribution is 2.38. The highest BCUT2D eigenvalue weighted by molar-refractivity contribution is 5.43. The maximum absolute atomic E-state index is 10.5. The van der Waals surface area contributed by atoms with Crippen LogP contribution in [0.1, 0.15) is 30.9 Å². The SMILES string of the molecule is COc1ccc(C(O)CN2CC3CCC2C3)cc1OC. The molecule has 4 nitrogen and oxygen atoms in total. The molecular weight excluding hydrogens is 254 g/mol. The predicted molar refractivity (Wildman–Crippen MR) is 77.2 cm³/mol. The zero-order valence-corrected chi connectivity index (χ0v) is 12.2. The second kappa shape index (κ2) is 5.62. The van der Waals surface area contributed by atoms with Crippen molar-refractivity contribution < 1.29 is 14.6 Å². The van der Waals surface area contributed by atoms with E-state index in [2.05, 4.69) is 4.90 Å². The van der Waals surface area contributed by atoms with Gasteiger partial charge in [0.2, 0.25) is 0 Å². The Morgan fingerprint density at radius 3 is 2.65 bits per heavy atom. The number of nitrogens with zero attached hydrogens (tertiary/aromatic N) is 1. The maximum atomic E-state index is 10.5. The first kappa shape index (κ1) is 13.7. The summed E-state index contributed by atoms with van der Waals surface area (Å²) < 4.78 is 10.5. The normalized spacial score (nSPS) is 26.8. The number of ether oxygens (including phenoxy) is 2. The third kappa shape index (κ3) is 2.50. The lowest BCUT2D eigenvalue weighted by Gasteiger charge is -2.29. The lowest BCUT2D eigenvalue weighted by molar-refractivity contribution is 0.0944. The fourth-order valence-electron chi connectivity index (χ4n) is 3.64. The van der Waals surface area contributed by atoms with Gasteiger partial charge < -0.3 is 14.6 Å². The van der Waals surface area contributed by atoms with Gasteiger partial charge in [0.1, 0.15) is 0 Å². The monoisotopic (exact) mass is 277 g/mol. The van der Waals surface area contributed by atoms with Crippen LogP contribution in [0, 0.1) is 5.92 Å². The molecule has 0 spiro atoms. The summed E-state index contributed by atoms with van der Waals surface area (Å²) in [6.45, 7) is 1.87. The van der Waals surface area contributed by atoms with Crippen molar-refractivity contribution >= 4 is 0 Å². The summed E-state index contributed by atoms with van der Waals surface area (Å²) in [5.74, 6) is 2.23. The van der Waals surface area contributed by atoms with Crippen LogP contribution >= 0.6 is 0 Å². The van der Waals surface area contributed by atoms with Crippen molar-refractivity contribution in [2.24, 2.45) is 5.92 Å². The summed E-state index contributed by atoms with van der Waals surface area (Å²) in [4.78, 5) is 2.44. The number of fused-ring (bicyclic) bond motifs is 2. The van der Waals surface area contributed by atoms with E-state index >= 15 is 0 Å². The summed E-state index contributed by atoms with van der Waals surface area (Å²) in [7, 11) is 3.24. The minimum atomic E-state index is -0.464. The van der Waals surface area contributed by atoms with Crippen molar-refractivity contribution in [1.29, 1.82) is 0 Å². The predicted octanol–water partition coefficient (Wildman–Crippen LogP) is 2.22. The molecule has 0 aromatic heterocycles. The molecule has 3 atom stereocenters. The zero-order chi connectivity index (χ0) is 14.1. The van der Waals surface area contributed by atoms with E-state index in [0.29, 0.717) is 17.5 Å². The summed E-state index contributed by atoms with van der Waals surface area (Å²) in [6, 6.07) is 6.33. The molecule has 2 fully saturated rings. The Morgan fingerprint density at radius 1 is 1.25 bits per heavy atom. The maximum Gasteiger partial charge on any atom is 0.161 e. The molecule has 4 heteroatoms. The Kier molecular flexibility index (Phi) is 3.85. The van der Waals surface area contributed by atoms with E-state index in [1.165, 1.54) is 19.3 Å². The first-order valence-electron chi connectivity index (χ1n) is 7.35. The van der Waals surface area contributed by atoms with Crippen LogP contribution in [0.5, 0.6) is 11.5 Å². The second-order valence-electron chi connectivity index (χ2n) is 5.92. The van der Waals surface area contributed by atoms with E-state index in [9.17, 15) is 5.11 Å². The average molecular weight is 277 g/mol. The smallest absolute Gasteiger partial charge is 0.161 e. The number of aliphatic hydroxyl groups is 1. The van der Waals surface area contributed by atoms with Crippen LogP contribution in [-0.4, -0.2) is 43.4 Å². The standard InChI is InChI=1S/C16H23NO3/c1-19-15-6-4-12(8-16(15)20-2)14(18)10-17-9-11-3-5-13(17)7-11/h4,6,8,11,13-14,18H,3,5,7,9-10H2,1-2H3. The fraction of sp³-hybridized carbons (Fsp3) is 0.625. The van der Waals surface area contributed by atoms with Crippen molar-refractivity contribution in [2.45, 2.75) is 31.4 Å². The summed E-state index contributed by atoms with van der Waals surface area (Å²) in [6.07, 6.45) is 3.52. The van der Waals surface area contributed by atoms with Crippen LogP contribution in [0.15, 0.2) is 18.2 Å². The van der Waals surface area contributed by atoms with Gasteiger partial charge in [-0.05, 0) is 42.9 Å². The van der Waals surface area contributed by atoms with Gasteiger partial charge in [-0.25, -0.2) is 0 Å². The molecule has 0 radical (unpaired) electrons. The molecule has 20 heavy (non-hydrogen) atoms. The van der Waals surface area contributed by atoms with E-state index in [-0.39, 0.29) is 0 Å². The molecule has 1 aromatic rings. The first-order valence-corrected chi connectivity index (χ1v) is 7.35. The van der Waals surface area contributed by atoms with Crippen LogP contribution in [0.2, 0.25) is 0 Å². The molecule has 1 aliphatic heterocycles. The largest absolute Gasteiger partial charge is 0.493 e. The first-order chi connectivity index (χ1) is 9.71. The molecule has 1 aromatic carbocycles. The zero-order valence-electron chi connectivity index (χ0n) is 12.2. The van der Waals surface area contributed by atoms with Crippen LogP contribution in [0.4, 0.5) is 0 Å². The van der Waals surface area contributed by atoms with Crippen LogP contribution < -0.4 is 9.47 Å². The molecule has 1 saturated carbocycles. The van der Waals surface area contributed by atoms with Crippen LogP contribution in [-0.2, 0) is 0 Å². The minimum absolute atomic E-state index is 0.464. The molecule has 1 N–H and O–H groups in total. The van der Waals surface area contributed by atoms with Gasteiger partial charge in [0.15, 0.2) is 11.5 Å². The highest BCUT2D eigenvalue weighted by atomic mass is 16.5. The van der Waals surface area contributed by atoms with Crippen molar-refractivity contribution in [3.05, 3.63) is 23.8 Å². The van der Waals surface area contributed by atoms with Gasteiger partial charge in [0, 0.05) is 19.1 Å². The number of benzene rings is 1. The van der Waals surface area contributed by atoms with Crippen LogP contribution in [0.25, 0.3) is 0 Å². The average Bonchev–Trinajstić information content (AvgIpc) is 3.09. The van der Waals surface area contributed by atoms with E-state index in [1.54, 1.807) is 14.2 Å². The summed E-state index contributed by atoms with van der Waals surface area (Å²) in [5, 5.41) is 10.5. The number of methoxy groups -OCH3 is 2. The number of hydrogen-bond acceptors (Lipinski definition) is 4. The van der Waals surface area contributed by atoms with Gasteiger partial charge >= 0.3 is 0 Å². The molecule has 1 heterocycles. The van der Waals surface area contributed by atoms with Crippen molar-refractivity contribution in [1.82, 2.24) is 4.90 Å². The van der Waals surface area contributed by atoms with Crippen LogP contribution in [0.3, 0.4) is 0 Å². The number of hydrogen-bond donors (Lipinski definition) is 1. The minimum Gasteiger partial charge on any atom is -0.493 e. The van der Waals surface area contributed by atoms with Gasteiger partial charge in [0.05, 0.1) is 20.3 Å². The lowest BCUT2D eigenvalue weighted by Crippen LogP contribution is -2.35. The number of likely N-dealkylation sites (tertiary alicyclic amines) is 1. The quantitative estimate of drug-likeness (QED) is 0.896. The van der Waals surface area contributed by atoms with Crippen molar-refractivity contribution in [3.63, 3.8) is 0 Å². The van der Waals surface area contributed by atoms with Gasteiger partial charge in [-0.15, -0.1) is 0 Å². The molecule has 3 unspecified atom stereocenters. The molecule has 1 saturated heterocycles. The summed E-state index contributed by atoms with van der Waals surface area (Å²) in [5.41, 5.74) is 0.894. The third-order valence-electron chi connectivity index (χ3n) is 4.72. The second-order valence-corrected chi connectivity index (χ2v) is 5.92. The fourth-order valence-corrected chi connectivity index (χ4v) is 3.64. The Balaban J connectivity index is 1.69. The van der Waals surface area contributed by atoms with E-state index in [1.807, 2.05) is 18.2 Å². The van der Waals surface area contributed by atoms with E-state index < -0.39 is 6.10 Å². The Hall–Kier alpha value is -1.26. The van der Waals surface area contributed by atoms with E-state index in [0.717, 1.165) is 24.6 Å². The van der Waals surface area contributed by atoms with Gasteiger partial charge in [0.25, 0.3) is 0 Å². The van der Waals surface area contributed by atoms with E-state index in [4.69, 9.17) is 9.47 Å². The molecule has 3 rings (SSSR count). The topological polar surface area (TPSA) is 41.9 Å². The van der Waals surface area contributed by atoms with Gasteiger partial charge in [-0.2, -0.15) is 0 Å². The molecule has 1 aliphatic carbocycles. The number of piperidine rings is 1. The van der Waals surface area contributed by atoms with Crippen molar-refractivity contribution in [2.75, 3.05) is 27.3 Å². The van der Waals surface area contributed by atoms with Gasteiger partial charge in [-0.1, -0.05) is 6.07 Å². The Morgan fingerprint density at radius 2 is 2.05 bits per heavy atom. The molecule has 2 aliphatic rings. The third-order valence-corrected chi connectivity index (χ3v) is 4.72. The highest BCUT2D eigenvalue weighted by Gasteiger charge is 2.38. The Bertz CT molecular complexity index is 477. The molecule has 0 amide bonds. The number of aliphatic hydroxyl groups excluding tert-OH is 1. The number of β-amino-alcohol motifs (C(OH)–C–C–N with tert-alkyl or cyclic N) is 1. The molecular formula is C16H23NO3. The Labute approximate surface area is 120 Å². The molecule has 110 valence electrons. The lowest BCUT2D eigenvalue weighted by atomic mass is 10.1. The van der Waals surface area contributed by atoms with Gasteiger partial charge in [-0.3, -0.25) is 4.90 Å². The summed E-state index contributed by atoms with van der Waals surface area (Å²) >= 11 is 0. The molecule has 2 bridgehead atoms. The van der Waals surface area contributed by atoms with Crippen molar-refractivity contribution in [3.8, 4) is 11.5 Å².